The number of carbonyl (C=O) groups excluding carboxylic acids is 1. The van der Waals surface area contributed by atoms with E-state index in [2.05, 4.69) is 33.4 Å². The van der Waals surface area contributed by atoms with Crippen LogP contribution in [0.25, 0.3) is 0 Å². The van der Waals surface area contributed by atoms with E-state index in [1.165, 1.54) is 0 Å². The molecule has 1 amide bonds. The minimum absolute atomic E-state index is 0.0131. The maximum absolute atomic E-state index is 13.2. The molecule has 0 radical (unpaired) electrons. The predicted molar refractivity (Wildman–Crippen MR) is 148 cm³/mol. The molecule has 0 unspecified atom stereocenters. The SMILES string of the molecule is CC(C)CN(c1ccc([C@H](C)CC(=O)O)cc1Nc1nc(C(F)(F)F)ns1)C1CCN(C(=O)OC(C)(C)C)CC1. The Morgan fingerprint density at radius 1 is 1.20 bits per heavy atom. The number of likely N-dealkylation sites (tertiary alicyclic amines) is 1. The van der Waals surface area contributed by atoms with Crippen LogP contribution in [0.5, 0.6) is 0 Å². The second kappa shape index (κ2) is 12.6. The van der Waals surface area contributed by atoms with Gasteiger partial charge in [-0.05, 0) is 63.1 Å². The fourth-order valence-electron chi connectivity index (χ4n) is 4.62. The summed E-state index contributed by atoms with van der Waals surface area (Å²) < 4.78 is 48.4. The summed E-state index contributed by atoms with van der Waals surface area (Å²) in [7, 11) is 0. The molecule has 1 atom stereocenters. The molecule has 13 heteroatoms. The summed E-state index contributed by atoms with van der Waals surface area (Å²) in [6, 6.07) is 5.58. The van der Waals surface area contributed by atoms with Crippen LogP contribution in [0.3, 0.4) is 0 Å². The number of piperidine rings is 1. The summed E-state index contributed by atoms with van der Waals surface area (Å²) in [6.07, 6.45) is -3.74. The Labute approximate surface area is 236 Å². The molecule has 0 bridgehead atoms. The molecule has 0 aliphatic carbocycles. The molecule has 222 valence electrons. The van der Waals surface area contributed by atoms with Gasteiger partial charge in [-0.15, -0.1) is 0 Å². The van der Waals surface area contributed by atoms with Gasteiger partial charge in [-0.3, -0.25) is 4.79 Å². The van der Waals surface area contributed by atoms with E-state index in [1.54, 1.807) is 17.9 Å². The number of carbonyl (C=O) groups is 2. The molecule has 9 nitrogen and oxygen atoms in total. The Morgan fingerprint density at radius 3 is 2.38 bits per heavy atom. The lowest BCUT2D eigenvalue weighted by atomic mass is 9.95. The van der Waals surface area contributed by atoms with E-state index in [0.717, 1.165) is 11.3 Å². The maximum atomic E-state index is 13.2. The van der Waals surface area contributed by atoms with Crippen LogP contribution in [-0.4, -0.2) is 62.7 Å². The van der Waals surface area contributed by atoms with E-state index in [4.69, 9.17) is 4.74 Å². The number of rotatable bonds is 9. The van der Waals surface area contributed by atoms with Crippen LogP contribution < -0.4 is 10.2 Å². The van der Waals surface area contributed by atoms with Crippen LogP contribution in [0.1, 0.15) is 78.1 Å². The number of aromatic nitrogens is 2. The Kier molecular flexibility index (Phi) is 9.91. The Morgan fingerprint density at radius 2 is 1.85 bits per heavy atom. The number of ether oxygens (including phenoxy) is 1. The van der Waals surface area contributed by atoms with Crippen molar-refractivity contribution in [3.8, 4) is 0 Å². The highest BCUT2D eigenvalue weighted by molar-refractivity contribution is 7.09. The second-order valence-electron chi connectivity index (χ2n) is 11.6. The number of anilines is 3. The third-order valence-electron chi connectivity index (χ3n) is 6.42. The van der Waals surface area contributed by atoms with E-state index in [1.807, 2.05) is 32.9 Å². The molecule has 40 heavy (non-hydrogen) atoms. The molecule has 1 fully saturated rings. The summed E-state index contributed by atoms with van der Waals surface area (Å²) in [5.74, 6) is -2.21. The molecule has 1 aromatic carbocycles. The van der Waals surface area contributed by atoms with E-state index < -0.39 is 23.6 Å². The minimum Gasteiger partial charge on any atom is -0.481 e. The molecule has 2 N–H and O–H groups in total. The van der Waals surface area contributed by atoms with Crippen LogP contribution in [0.4, 0.5) is 34.5 Å². The molecule has 1 saturated heterocycles. The number of aliphatic carboxylic acids is 1. The van der Waals surface area contributed by atoms with Gasteiger partial charge in [0.25, 0.3) is 0 Å². The van der Waals surface area contributed by atoms with Gasteiger partial charge in [0, 0.05) is 37.2 Å². The van der Waals surface area contributed by atoms with Crippen molar-refractivity contribution in [1.82, 2.24) is 14.3 Å². The number of carboxylic acid groups (broad SMARTS) is 1. The fraction of sp³-hybridized carbons (Fsp3) is 0.630. The molecule has 1 aliphatic rings. The average molecular weight is 586 g/mol. The number of nitrogens with one attached hydrogen (secondary N) is 1. The standard InChI is InChI=1S/C27H38F3N5O4S/c1-16(2)15-35(19-9-11-34(12-10-19)25(38)39-26(4,5)6)21-8-7-18(17(3)13-22(36)37)14-20(21)31-24-32-23(33-40-24)27(28,29)30/h7-8,14,16-17,19H,9-13,15H2,1-6H3,(H,36,37)(H,31,32,33)/t17-/m1/s1. The molecule has 2 aromatic rings. The first-order chi connectivity index (χ1) is 18.5. The summed E-state index contributed by atoms with van der Waals surface area (Å²) in [4.78, 5) is 31.5. The van der Waals surface area contributed by atoms with Crippen LogP contribution >= 0.6 is 11.5 Å². The van der Waals surface area contributed by atoms with Gasteiger partial charge < -0.3 is 25.0 Å². The molecule has 0 spiro atoms. The lowest BCUT2D eigenvalue weighted by molar-refractivity contribution is -0.144. The van der Waals surface area contributed by atoms with Gasteiger partial charge >= 0.3 is 18.2 Å². The number of alkyl halides is 3. The van der Waals surface area contributed by atoms with E-state index in [-0.39, 0.29) is 35.5 Å². The first-order valence-corrected chi connectivity index (χ1v) is 14.1. The van der Waals surface area contributed by atoms with Crippen molar-refractivity contribution >= 4 is 40.1 Å². The Bertz CT molecular complexity index is 1170. The first-order valence-electron chi connectivity index (χ1n) is 13.3. The highest BCUT2D eigenvalue weighted by Gasteiger charge is 2.36. The summed E-state index contributed by atoms with van der Waals surface area (Å²) in [6.45, 7) is 13.1. The molecule has 1 aliphatic heterocycles. The van der Waals surface area contributed by atoms with Crippen molar-refractivity contribution in [3.05, 3.63) is 29.6 Å². The predicted octanol–water partition coefficient (Wildman–Crippen LogP) is 6.74. The van der Waals surface area contributed by atoms with Gasteiger partial charge in [0.1, 0.15) is 5.60 Å². The minimum atomic E-state index is -4.66. The normalized spacial score (nSPS) is 15.7. The van der Waals surface area contributed by atoms with Crippen LogP contribution in [-0.2, 0) is 15.7 Å². The Hall–Kier alpha value is -3.09. The molecule has 2 heterocycles. The maximum Gasteiger partial charge on any atom is 0.452 e. The van der Waals surface area contributed by atoms with Crippen molar-refractivity contribution in [2.45, 2.75) is 84.5 Å². The van der Waals surface area contributed by atoms with Crippen molar-refractivity contribution in [2.75, 3.05) is 29.9 Å². The van der Waals surface area contributed by atoms with Gasteiger partial charge in [0.2, 0.25) is 11.0 Å². The van der Waals surface area contributed by atoms with Gasteiger partial charge in [-0.25, -0.2) is 4.79 Å². The van der Waals surface area contributed by atoms with Crippen LogP contribution in [0, 0.1) is 5.92 Å². The van der Waals surface area contributed by atoms with Crippen molar-refractivity contribution in [3.63, 3.8) is 0 Å². The lowest BCUT2D eigenvalue weighted by Gasteiger charge is -2.41. The Balaban J connectivity index is 1.93. The summed E-state index contributed by atoms with van der Waals surface area (Å²) >= 11 is 0.611. The van der Waals surface area contributed by atoms with Crippen molar-refractivity contribution in [1.29, 1.82) is 0 Å². The highest BCUT2D eigenvalue weighted by atomic mass is 32.1. The molecule has 1 aromatic heterocycles. The zero-order valence-electron chi connectivity index (χ0n) is 23.7. The third kappa shape index (κ3) is 8.70. The second-order valence-corrected chi connectivity index (χ2v) is 12.3. The largest absolute Gasteiger partial charge is 0.481 e. The number of hydrogen-bond donors (Lipinski definition) is 2. The van der Waals surface area contributed by atoms with Crippen molar-refractivity contribution in [2.24, 2.45) is 5.92 Å². The number of benzene rings is 1. The monoisotopic (exact) mass is 585 g/mol. The third-order valence-corrected chi connectivity index (χ3v) is 7.05. The topological polar surface area (TPSA) is 108 Å². The van der Waals surface area contributed by atoms with E-state index in [9.17, 15) is 27.9 Å². The number of hydrogen-bond acceptors (Lipinski definition) is 8. The zero-order valence-corrected chi connectivity index (χ0v) is 24.5. The fourth-order valence-corrected chi connectivity index (χ4v) is 5.22. The van der Waals surface area contributed by atoms with Crippen molar-refractivity contribution < 1.29 is 32.6 Å². The summed E-state index contributed by atoms with van der Waals surface area (Å²) in [5, 5.41) is 12.3. The number of nitrogens with zero attached hydrogens (tertiary/aromatic N) is 4. The van der Waals surface area contributed by atoms with Gasteiger partial charge in [0.15, 0.2) is 0 Å². The quantitative estimate of drug-likeness (QED) is 0.333. The highest BCUT2D eigenvalue weighted by Crippen LogP contribution is 2.38. The summed E-state index contributed by atoms with van der Waals surface area (Å²) in [5.41, 5.74) is 1.43. The first kappa shape index (κ1) is 31.4. The molecular weight excluding hydrogens is 547 g/mol. The number of carboxylic acids is 1. The van der Waals surface area contributed by atoms with Gasteiger partial charge in [0.05, 0.1) is 17.8 Å². The smallest absolute Gasteiger partial charge is 0.452 e. The van der Waals surface area contributed by atoms with Gasteiger partial charge in [-0.2, -0.15) is 22.5 Å². The van der Waals surface area contributed by atoms with Crippen LogP contribution in [0.15, 0.2) is 18.2 Å². The van der Waals surface area contributed by atoms with E-state index >= 15 is 0 Å². The molecule has 0 saturated carbocycles. The molecule has 3 rings (SSSR count). The van der Waals surface area contributed by atoms with Crippen LogP contribution in [0.2, 0.25) is 0 Å². The van der Waals surface area contributed by atoms with Gasteiger partial charge in [-0.1, -0.05) is 26.8 Å². The average Bonchev–Trinajstić information content (AvgIpc) is 3.30. The number of amides is 1. The lowest BCUT2D eigenvalue weighted by Crippen LogP contribution is -2.49. The van der Waals surface area contributed by atoms with E-state index in [0.29, 0.717) is 49.7 Å². The number of halogens is 3. The molecular formula is C27H38F3N5O4S. The zero-order chi connectivity index (χ0) is 29.8.